The number of anilines is 1. The molecule has 3 aromatic carbocycles. The van der Waals surface area contributed by atoms with E-state index in [0.717, 1.165) is 4.90 Å². The number of carbonyl (C=O) groups excluding carboxylic acids is 9. The predicted molar refractivity (Wildman–Crippen MR) is 313 cm³/mol. The van der Waals surface area contributed by atoms with E-state index < -0.39 is 126 Å². The molecular formula is C63H77N7O19. The van der Waals surface area contributed by atoms with E-state index in [0.29, 0.717) is 56.6 Å². The zero-order valence-corrected chi connectivity index (χ0v) is 50.7. The van der Waals surface area contributed by atoms with Gasteiger partial charge in [0.25, 0.3) is 11.8 Å². The summed E-state index contributed by atoms with van der Waals surface area (Å²) in [6, 6.07) is 8.89. The number of unbranched alkanes of at least 4 members (excludes halogenated alkanes) is 2. The van der Waals surface area contributed by atoms with Gasteiger partial charge in [0.05, 0.1) is 49.2 Å². The number of amides is 6. The molecule has 0 spiro atoms. The summed E-state index contributed by atoms with van der Waals surface area (Å²) in [4.78, 5) is 126. The molecule has 89 heavy (non-hydrogen) atoms. The molecule has 3 aromatic rings. The molecule has 26 heteroatoms. The molecule has 10 atom stereocenters. The molecule has 5 aliphatic heterocycles. The number of nitrogens with zero attached hydrogens (tertiary/aromatic N) is 4. The normalized spacial score (nSPS) is 25.7. The van der Waals surface area contributed by atoms with Gasteiger partial charge < -0.3 is 69.3 Å². The van der Waals surface area contributed by atoms with Gasteiger partial charge in [-0.3, -0.25) is 53.1 Å². The molecule has 0 bridgehead atoms. The highest BCUT2D eigenvalue weighted by Gasteiger charge is 2.55. The SMILES string of the molecule is COc1cccc2c1C(=O)c1c(O)c3c(c(O)c1C2=O)C[C@@](O)(C(=O)CN1CCCN(C(=O)OCc2ccc(NC(=O)C(C)NC(=O)C(NC(=O)CCCCCN4C(=O)C=CC4=O)C(C)C)cc2)CC1)C[C@@H]3O[C@H]1C[C@H]2[C@H](O[C@@H]3[C@@H](OC)OCCN32)[C@H](C)O1. The lowest BCUT2D eigenvalue weighted by atomic mass is 9.71. The molecule has 2 aliphatic carbocycles. The molecule has 26 nitrogen and oxygen atoms in total. The van der Waals surface area contributed by atoms with Crippen LogP contribution in [-0.4, -0.2) is 209 Å². The number of methoxy groups -OCH3 is 2. The van der Waals surface area contributed by atoms with Gasteiger partial charge >= 0.3 is 6.09 Å². The Hall–Kier alpha value is -7.69. The van der Waals surface area contributed by atoms with Crippen LogP contribution in [0.4, 0.5) is 10.5 Å². The molecule has 10 rings (SSSR count). The monoisotopic (exact) mass is 1240 g/mol. The van der Waals surface area contributed by atoms with Crippen molar-refractivity contribution in [3.63, 3.8) is 0 Å². The van der Waals surface area contributed by atoms with Crippen molar-refractivity contribution in [2.75, 3.05) is 72.0 Å². The smallest absolute Gasteiger partial charge is 0.410 e. The lowest BCUT2D eigenvalue weighted by Crippen LogP contribution is -2.55. The fraction of sp³-hybridized carbons (Fsp3) is 0.540. The number of fused-ring (bicyclic) bond motifs is 6. The van der Waals surface area contributed by atoms with Crippen LogP contribution in [0.1, 0.15) is 127 Å². The van der Waals surface area contributed by atoms with E-state index in [2.05, 4.69) is 20.9 Å². The Labute approximate surface area is 514 Å². The highest BCUT2D eigenvalue weighted by molar-refractivity contribution is 6.31. The van der Waals surface area contributed by atoms with Crippen LogP contribution in [0.3, 0.4) is 0 Å². The molecule has 2 unspecified atom stereocenters. The van der Waals surface area contributed by atoms with E-state index in [9.17, 15) is 58.5 Å². The van der Waals surface area contributed by atoms with Crippen molar-refractivity contribution in [3.8, 4) is 17.2 Å². The molecule has 0 radical (unpaired) electrons. The number of rotatable bonds is 21. The van der Waals surface area contributed by atoms with E-state index in [1.165, 1.54) is 56.4 Å². The molecule has 4 fully saturated rings. The van der Waals surface area contributed by atoms with Crippen LogP contribution in [0.5, 0.6) is 17.2 Å². The minimum Gasteiger partial charge on any atom is -0.507 e. The first kappa shape index (κ1) is 64.3. The Morgan fingerprint density at radius 1 is 0.820 bits per heavy atom. The molecule has 478 valence electrons. The van der Waals surface area contributed by atoms with E-state index in [1.807, 2.05) is 6.92 Å². The van der Waals surface area contributed by atoms with Crippen LogP contribution in [0.15, 0.2) is 54.6 Å². The van der Waals surface area contributed by atoms with E-state index in [-0.39, 0.29) is 110 Å². The number of aliphatic hydroxyl groups is 1. The van der Waals surface area contributed by atoms with Crippen molar-refractivity contribution in [3.05, 3.63) is 93.6 Å². The molecule has 0 saturated carbocycles. The highest BCUT2D eigenvalue weighted by Crippen LogP contribution is 2.53. The van der Waals surface area contributed by atoms with Crippen LogP contribution in [0.25, 0.3) is 0 Å². The first-order valence-corrected chi connectivity index (χ1v) is 30.3. The number of hydrogen-bond acceptors (Lipinski definition) is 21. The zero-order valence-electron chi connectivity index (χ0n) is 50.7. The third kappa shape index (κ3) is 13.5. The van der Waals surface area contributed by atoms with Crippen molar-refractivity contribution in [2.24, 2.45) is 5.92 Å². The number of ketones is 3. The van der Waals surface area contributed by atoms with Gasteiger partial charge in [-0.25, -0.2) is 4.79 Å². The Bertz CT molecular complexity index is 3280. The quantitative estimate of drug-likeness (QED) is 0.0396. The molecule has 7 aliphatic rings. The Balaban J connectivity index is 0.734. The maximum Gasteiger partial charge on any atom is 0.410 e. The summed E-state index contributed by atoms with van der Waals surface area (Å²) in [7, 11) is 2.87. The molecule has 5 heterocycles. The van der Waals surface area contributed by atoms with Gasteiger partial charge in [-0.15, -0.1) is 0 Å². The fourth-order valence-electron chi connectivity index (χ4n) is 12.9. The van der Waals surface area contributed by atoms with E-state index in [1.54, 1.807) is 43.0 Å². The third-order valence-electron chi connectivity index (χ3n) is 17.7. The number of benzene rings is 3. The van der Waals surface area contributed by atoms with Gasteiger partial charge in [0.2, 0.25) is 23.5 Å². The van der Waals surface area contributed by atoms with Crippen LogP contribution in [0.2, 0.25) is 0 Å². The molecule has 6 amide bonds. The maximum absolute atomic E-state index is 14.7. The number of morpholine rings is 1. The first-order chi connectivity index (χ1) is 42.6. The van der Waals surface area contributed by atoms with Gasteiger partial charge in [-0.05, 0) is 62.8 Å². The van der Waals surface area contributed by atoms with Crippen molar-refractivity contribution in [2.45, 2.75) is 147 Å². The minimum absolute atomic E-state index is 0.0631. The summed E-state index contributed by atoms with van der Waals surface area (Å²) >= 11 is 0. The largest absolute Gasteiger partial charge is 0.507 e. The number of imide groups is 1. The number of phenolic OH excluding ortho intramolecular Hbond substituents is 2. The number of aromatic hydroxyl groups is 2. The number of nitrogens with one attached hydrogen (secondary N) is 3. The van der Waals surface area contributed by atoms with Gasteiger partial charge in [0, 0.05) is 113 Å². The summed E-state index contributed by atoms with van der Waals surface area (Å²) in [5, 5.41) is 45.3. The summed E-state index contributed by atoms with van der Waals surface area (Å²) in [6.07, 6.45) is -1.19. The van der Waals surface area contributed by atoms with Gasteiger partial charge in [0.15, 0.2) is 30.4 Å². The van der Waals surface area contributed by atoms with Crippen LogP contribution in [-0.2, 0) is 70.2 Å². The number of hydrogen-bond donors (Lipinski definition) is 6. The maximum atomic E-state index is 14.7. The molecule has 6 N–H and O–H groups in total. The summed E-state index contributed by atoms with van der Waals surface area (Å²) in [5.74, 6) is -5.84. The average Bonchev–Trinajstić information content (AvgIpc) is 1.42. The molecule has 0 aromatic heterocycles. The van der Waals surface area contributed by atoms with Gasteiger partial charge in [-0.2, -0.15) is 0 Å². The zero-order chi connectivity index (χ0) is 63.6. The second-order valence-corrected chi connectivity index (χ2v) is 24.0. The van der Waals surface area contributed by atoms with Gasteiger partial charge in [0.1, 0.15) is 47.6 Å². The van der Waals surface area contributed by atoms with Crippen molar-refractivity contribution in [1.29, 1.82) is 0 Å². The standard InChI is InChI=1S/C63H77N7O19/c1-33(2)52(66-44(72)14-8-7-9-23-70-45(73)19-20-46(70)74)59(80)64-34(3)58(79)65-37-17-15-36(16-18-37)32-86-62(81)68-22-11-21-67(24-25-68)31-43(71)63(82)29-39-49(56(78)51-50(54(39)76)53(75)38-12-10-13-41(83-5)48(38)55(51)77)42(30-63)88-47-28-40-57(35(4)87-47)89-60-61(84-6)85-27-26-69(40)60/h10,12-13,15-20,33-35,40,42,47,52,57,60-61,76,78,82H,7-9,11,14,21-32H2,1-6H3,(H,64,80)(H,65,79)(H,66,72)/t34?,35-,40-,42-,47-,52?,57+,60+,61-,63-/m0/s1. The van der Waals surface area contributed by atoms with Gasteiger partial charge in [-0.1, -0.05) is 44.5 Å². The number of ether oxygens (including phenoxy) is 7. The third-order valence-corrected chi connectivity index (χ3v) is 17.7. The Morgan fingerprint density at radius 3 is 2.28 bits per heavy atom. The Morgan fingerprint density at radius 2 is 1.56 bits per heavy atom. The van der Waals surface area contributed by atoms with Crippen LogP contribution < -0.4 is 20.7 Å². The number of Topliss-reactive ketones (excluding diaryl/α,β-unsaturated/α-hetero) is 1. The van der Waals surface area contributed by atoms with E-state index >= 15 is 0 Å². The highest BCUT2D eigenvalue weighted by atomic mass is 16.7. The van der Waals surface area contributed by atoms with Crippen LogP contribution >= 0.6 is 0 Å². The summed E-state index contributed by atoms with van der Waals surface area (Å²) in [6.45, 7) is 8.68. The fourth-order valence-corrected chi connectivity index (χ4v) is 12.9. The van der Waals surface area contributed by atoms with Crippen molar-refractivity contribution < 1.29 is 91.6 Å². The summed E-state index contributed by atoms with van der Waals surface area (Å²) in [5.41, 5.74) is -2.54. The second kappa shape index (κ2) is 27.2. The summed E-state index contributed by atoms with van der Waals surface area (Å²) < 4.78 is 42.0. The average molecular weight is 1240 g/mol. The second-order valence-electron chi connectivity index (χ2n) is 24.0. The van der Waals surface area contributed by atoms with E-state index in [4.69, 9.17) is 33.2 Å². The first-order valence-electron chi connectivity index (χ1n) is 30.3. The van der Waals surface area contributed by atoms with Crippen molar-refractivity contribution >= 4 is 58.7 Å². The number of carbonyl (C=O) groups is 9. The van der Waals surface area contributed by atoms with Crippen molar-refractivity contribution in [1.82, 2.24) is 30.2 Å². The lowest BCUT2D eigenvalue weighted by Gasteiger charge is -2.43. The molecule has 4 saturated heterocycles. The number of phenols is 2. The molecular weight excluding hydrogens is 1160 g/mol. The predicted octanol–water partition coefficient (Wildman–Crippen LogP) is 3.13. The minimum atomic E-state index is -2.25. The Kier molecular flexibility index (Phi) is 19.6. The topological polar surface area (TPSA) is 328 Å². The van der Waals surface area contributed by atoms with Crippen LogP contribution in [0, 0.1) is 5.92 Å². The lowest BCUT2D eigenvalue weighted by molar-refractivity contribution is -0.256.